The summed E-state index contributed by atoms with van der Waals surface area (Å²) in [7, 11) is 0. The van der Waals surface area contributed by atoms with E-state index in [4.69, 9.17) is 4.74 Å². The molecule has 0 aliphatic rings. The Hall–Kier alpha value is -0.690. The van der Waals surface area contributed by atoms with Crippen LogP contribution in [0.1, 0.15) is 29.3 Å². The number of esters is 1. The zero-order valence-corrected chi connectivity index (χ0v) is 13.2. The molecule has 1 aromatic rings. The average Bonchev–Trinajstić information content (AvgIpc) is 2.34. The second-order valence-electron chi connectivity index (χ2n) is 3.85. The zero-order valence-electron chi connectivity index (χ0n) is 10.8. The molecule has 0 bridgehead atoms. The summed E-state index contributed by atoms with van der Waals surface area (Å²) in [6, 6.07) is 4.48. The van der Waals surface area contributed by atoms with Crippen molar-refractivity contribution in [2.45, 2.75) is 30.2 Å². The van der Waals surface area contributed by atoms with Gasteiger partial charge in [-0.3, -0.25) is 0 Å². The summed E-state index contributed by atoms with van der Waals surface area (Å²) in [5, 5.41) is 0.714. The number of carbonyl (C=O) groups is 1. The van der Waals surface area contributed by atoms with Gasteiger partial charge in [0.05, 0.1) is 12.2 Å². The first-order valence-electron chi connectivity index (χ1n) is 5.99. The molecular weight excluding hydrogens is 357 g/mol. The number of thioether (sulfide) groups is 1. The minimum Gasteiger partial charge on any atom is -0.462 e. The van der Waals surface area contributed by atoms with Gasteiger partial charge < -0.3 is 4.74 Å². The van der Waals surface area contributed by atoms with Gasteiger partial charge in [0.15, 0.2) is 0 Å². The summed E-state index contributed by atoms with van der Waals surface area (Å²) >= 11 is 2.98. The third-order valence-corrected chi connectivity index (χ3v) is 3.75. The van der Waals surface area contributed by atoms with Crippen LogP contribution >= 0.6 is 27.7 Å². The summed E-state index contributed by atoms with van der Waals surface area (Å²) < 4.78 is 42.5. The summed E-state index contributed by atoms with van der Waals surface area (Å²) in [5.74, 6) is -0.704. The molecule has 7 heteroatoms. The van der Waals surface area contributed by atoms with E-state index in [2.05, 4.69) is 15.9 Å². The molecule has 0 aliphatic carbocycles. The number of hydrogen-bond donors (Lipinski definition) is 0. The number of carbonyl (C=O) groups excluding carboxylic acids is 1. The SMILES string of the molecule is CCOC(=O)c1c(CCCBr)cccc1SC(F)(F)F. The number of rotatable bonds is 6. The summed E-state index contributed by atoms with van der Waals surface area (Å²) in [6.07, 6.45) is 1.25. The first-order chi connectivity index (χ1) is 9.39. The fourth-order valence-corrected chi connectivity index (χ4v) is 2.68. The third-order valence-electron chi connectivity index (χ3n) is 2.40. The maximum absolute atomic E-state index is 12.6. The number of benzene rings is 1. The Labute approximate surface area is 128 Å². The molecule has 1 aromatic carbocycles. The van der Waals surface area contributed by atoms with E-state index in [1.165, 1.54) is 12.1 Å². The highest BCUT2D eigenvalue weighted by molar-refractivity contribution is 9.09. The maximum atomic E-state index is 12.6. The monoisotopic (exact) mass is 370 g/mol. The van der Waals surface area contributed by atoms with Crippen molar-refractivity contribution in [3.8, 4) is 0 Å². The first kappa shape index (κ1) is 17.4. The van der Waals surface area contributed by atoms with Crippen LogP contribution < -0.4 is 0 Å². The molecule has 0 amide bonds. The van der Waals surface area contributed by atoms with Gasteiger partial charge in [0, 0.05) is 10.2 Å². The molecule has 0 heterocycles. The first-order valence-corrected chi connectivity index (χ1v) is 7.93. The van der Waals surface area contributed by atoms with Crippen molar-refractivity contribution >= 4 is 33.7 Å². The van der Waals surface area contributed by atoms with E-state index in [0.717, 1.165) is 6.42 Å². The molecule has 0 atom stereocenters. The second kappa shape index (κ2) is 7.93. The molecule has 0 aromatic heterocycles. The molecule has 0 fully saturated rings. The lowest BCUT2D eigenvalue weighted by Gasteiger charge is -2.14. The van der Waals surface area contributed by atoms with E-state index >= 15 is 0 Å². The number of halogens is 4. The van der Waals surface area contributed by atoms with Crippen molar-refractivity contribution < 1.29 is 22.7 Å². The van der Waals surface area contributed by atoms with Gasteiger partial charge >= 0.3 is 11.5 Å². The van der Waals surface area contributed by atoms with Crippen molar-refractivity contribution in [1.82, 2.24) is 0 Å². The topological polar surface area (TPSA) is 26.3 Å². The minimum absolute atomic E-state index is 0.0256. The van der Waals surface area contributed by atoms with E-state index in [-0.39, 0.29) is 28.8 Å². The third kappa shape index (κ3) is 5.36. The lowest BCUT2D eigenvalue weighted by molar-refractivity contribution is -0.0328. The van der Waals surface area contributed by atoms with Crippen molar-refractivity contribution in [3.05, 3.63) is 29.3 Å². The molecule has 0 spiro atoms. The summed E-state index contributed by atoms with van der Waals surface area (Å²) in [6.45, 7) is 1.75. The minimum atomic E-state index is -4.44. The fourth-order valence-electron chi connectivity index (χ4n) is 1.69. The van der Waals surface area contributed by atoms with Gasteiger partial charge in [0.1, 0.15) is 0 Å². The highest BCUT2D eigenvalue weighted by atomic mass is 79.9. The van der Waals surface area contributed by atoms with Gasteiger partial charge in [-0.15, -0.1) is 0 Å². The number of hydrogen-bond acceptors (Lipinski definition) is 3. The van der Waals surface area contributed by atoms with Crippen LogP contribution in [0.15, 0.2) is 23.1 Å². The van der Waals surface area contributed by atoms with Gasteiger partial charge in [-0.1, -0.05) is 28.1 Å². The van der Waals surface area contributed by atoms with E-state index < -0.39 is 11.5 Å². The molecule has 112 valence electrons. The Morgan fingerprint density at radius 3 is 2.65 bits per heavy atom. The average molecular weight is 371 g/mol. The van der Waals surface area contributed by atoms with Crippen LogP contribution in [0.5, 0.6) is 0 Å². The quantitative estimate of drug-likeness (QED) is 0.408. The van der Waals surface area contributed by atoms with E-state index in [0.29, 0.717) is 17.3 Å². The van der Waals surface area contributed by atoms with Crippen LogP contribution in [0.3, 0.4) is 0 Å². The van der Waals surface area contributed by atoms with Crippen molar-refractivity contribution in [2.75, 3.05) is 11.9 Å². The Balaban J connectivity index is 3.17. The van der Waals surface area contributed by atoms with Gasteiger partial charge in [0.2, 0.25) is 0 Å². The van der Waals surface area contributed by atoms with Crippen molar-refractivity contribution in [2.24, 2.45) is 0 Å². The van der Waals surface area contributed by atoms with Gasteiger partial charge in [-0.05, 0) is 43.2 Å². The Bertz CT molecular complexity index is 463. The van der Waals surface area contributed by atoms with Crippen molar-refractivity contribution in [3.63, 3.8) is 0 Å². The van der Waals surface area contributed by atoms with E-state index in [1.54, 1.807) is 13.0 Å². The van der Waals surface area contributed by atoms with E-state index in [9.17, 15) is 18.0 Å². The van der Waals surface area contributed by atoms with Crippen LogP contribution in [-0.4, -0.2) is 23.4 Å². The Morgan fingerprint density at radius 1 is 1.40 bits per heavy atom. The Kier molecular flexibility index (Phi) is 6.88. The Morgan fingerprint density at radius 2 is 2.10 bits per heavy atom. The van der Waals surface area contributed by atoms with E-state index in [1.807, 2.05) is 0 Å². The highest BCUT2D eigenvalue weighted by Gasteiger charge is 2.32. The van der Waals surface area contributed by atoms with Crippen LogP contribution in [0.2, 0.25) is 0 Å². The second-order valence-corrected chi connectivity index (χ2v) is 5.75. The van der Waals surface area contributed by atoms with Gasteiger partial charge in [-0.25, -0.2) is 4.79 Å². The van der Waals surface area contributed by atoms with Crippen LogP contribution in [0.4, 0.5) is 13.2 Å². The normalized spacial score (nSPS) is 11.4. The summed E-state index contributed by atoms with van der Waals surface area (Å²) in [4.78, 5) is 11.8. The predicted octanol–water partition coefficient (Wildman–Crippen LogP) is 4.80. The number of ether oxygens (including phenoxy) is 1. The number of alkyl halides is 4. The van der Waals surface area contributed by atoms with Crippen LogP contribution in [-0.2, 0) is 11.2 Å². The summed E-state index contributed by atoms with van der Waals surface area (Å²) in [5.41, 5.74) is -3.83. The number of aryl methyl sites for hydroxylation is 1. The molecule has 0 saturated heterocycles. The largest absolute Gasteiger partial charge is 0.462 e. The lowest BCUT2D eigenvalue weighted by Crippen LogP contribution is -2.12. The van der Waals surface area contributed by atoms with Crippen LogP contribution in [0.25, 0.3) is 0 Å². The van der Waals surface area contributed by atoms with Crippen molar-refractivity contribution in [1.29, 1.82) is 0 Å². The smallest absolute Gasteiger partial charge is 0.446 e. The van der Waals surface area contributed by atoms with Gasteiger partial charge in [0.25, 0.3) is 0 Å². The van der Waals surface area contributed by atoms with Gasteiger partial charge in [-0.2, -0.15) is 13.2 Å². The molecule has 0 aliphatic heterocycles. The molecule has 0 unspecified atom stereocenters. The molecular formula is C13H14BrF3O2S. The fraction of sp³-hybridized carbons (Fsp3) is 0.462. The molecule has 20 heavy (non-hydrogen) atoms. The molecule has 2 nitrogen and oxygen atoms in total. The zero-order chi connectivity index (χ0) is 15.2. The molecule has 0 radical (unpaired) electrons. The maximum Gasteiger partial charge on any atom is 0.446 e. The molecule has 0 saturated carbocycles. The lowest BCUT2D eigenvalue weighted by atomic mass is 10.0. The molecule has 0 N–H and O–H groups in total. The predicted molar refractivity (Wildman–Crippen MR) is 76.4 cm³/mol. The highest BCUT2D eigenvalue weighted by Crippen LogP contribution is 2.39. The standard InChI is InChI=1S/C13H14BrF3O2S/c1-2-19-12(18)11-9(6-4-8-14)5-3-7-10(11)20-13(15,16)17/h3,5,7H,2,4,6,8H2,1H3. The molecule has 1 rings (SSSR count). The van der Waals surface area contributed by atoms with Crippen LogP contribution in [0, 0.1) is 0 Å².